The molecule has 2 aromatic heterocycles. The summed E-state index contributed by atoms with van der Waals surface area (Å²) in [5.41, 5.74) is 10.3. The van der Waals surface area contributed by atoms with E-state index < -0.39 is 11.7 Å². The first-order chi connectivity index (χ1) is 19.4. The summed E-state index contributed by atoms with van der Waals surface area (Å²) < 4.78 is 19.5. The molecule has 2 aliphatic rings. The minimum Gasteiger partial charge on any atom is -0.378 e. The van der Waals surface area contributed by atoms with Crippen molar-refractivity contribution in [3.63, 3.8) is 0 Å². The van der Waals surface area contributed by atoms with E-state index in [1.807, 2.05) is 18.2 Å². The third-order valence-electron chi connectivity index (χ3n) is 6.40. The van der Waals surface area contributed by atoms with Crippen LogP contribution in [0.15, 0.2) is 72.6 Å². The number of morpholine rings is 1. The number of halogens is 2. The molecule has 1 fully saturated rings. The van der Waals surface area contributed by atoms with E-state index in [2.05, 4.69) is 62.3 Å². The fourth-order valence-corrected chi connectivity index (χ4v) is 4.56. The summed E-state index contributed by atoms with van der Waals surface area (Å²) in [5.74, 6) is -0.821. The fourth-order valence-electron chi connectivity index (χ4n) is 4.33. The average molecular weight is 562 g/mol. The maximum atomic E-state index is 14.2. The largest absolute Gasteiger partial charge is 0.378 e. The highest BCUT2D eigenvalue weighted by atomic mass is 35.5. The summed E-state index contributed by atoms with van der Waals surface area (Å²) in [6.07, 6.45) is 13.1. The number of ether oxygens (including phenoxy) is 1. The molecule has 40 heavy (non-hydrogen) atoms. The first kappa shape index (κ1) is 27.3. The molecular weight excluding hydrogens is 533 g/mol. The van der Waals surface area contributed by atoms with Gasteiger partial charge in [-0.1, -0.05) is 41.5 Å². The lowest BCUT2D eigenvalue weighted by Crippen LogP contribution is -2.38. The van der Waals surface area contributed by atoms with Crippen LogP contribution < -0.4 is 21.1 Å². The smallest absolute Gasteiger partial charge is 0.288 e. The lowest BCUT2D eigenvalue weighted by molar-refractivity contribution is 0.0957. The summed E-state index contributed by atoms with van der Waals surface area (Å²) >= 11 is 6.43. The van der Waals surface area contributed by atoms with Crippen LogP contribution in [0.5, 0.6) is 0 Å². The van der Waals surface area contributed by atoms with Crippen LogP contribution in [0.25, 0.3) is 5.57 Å². The maximum Gasteiger partial charge on any atom is 0.288 e. The molecule has 5 rings (SSSR count). The minimum absolute atomic E-state index is 0.0618. The zero-order valence-corrected chi connectivity index (χ0v) is 22.7. The van der Waals surface area contributed by atoms with E-state index in [1.54, 1.807) is 23.2 Å². The van der Waals surface area contributed by atoms with E-state index in [0.717, 1.165) is 35.9 Å². The Morgan fingerprint density at radius 3 is 2.75 bits per heavy atom. The van der Waals surface area contributed by atoms with E-state index in [4.69, 9.17) is 16.3 Å². The number of pyridine rings is 1. The van der Waals surface area contributed by atoms with E-state index in [9.17, 15) is 9.18 Å². The molecule has 206 valence electrons. The second kappa shape index (κ2) is 12.7. The van der Waals surface area contributed by atoms with Crippen molar-refractivity contribution in [3.8, 4) is 0 Å². The van der Waals surface area contributed by atoms with Gasteiger partial charge in [0.2, 0.25) is 5.95 Å². The van der Waals surface area contributed by atoms with Gasteiger partial charge >= 0.3 is 0 Å². The Morgan fingerprint density at radius 1 is 1.10 bits per heavy atom. The molecule has 0 atom stereocenters. The van der Waals surface area contributed by atoms with Crippen LogP contribution in [0.4, 0.5) is 27.5 Å². The first-order valence-corrected chi connectivity index (χ1v) is 13.3. The number of aromatic nitrogens is 3. The third-order valence-corrected chi connectivity index (χ3v) is 6.62. The van der Waals surface area contributed by atoms with Crippen LogP contribution >= 0.6 is 11.6 Å². The van der Waals surface area contributed by atoms with Crippen molar-refractivity contribution < 1.29 is 13.9 Å². The van der Waals surface area contributed by atoms with Gasteiger partial charge in [-0.2, -0.15) is 4.98 Å². The number of benzene rings is 1. The highest BCUT2D eigenvalue weighted by Crippen LogP contribution is 2.29. The molecule has 1 aliphatic carbocycles. The second-order valence-electron chi connectivity index (χ2n) is 9.40. The number of nitrogens with zero attached hydrogens (tertiary/aromatic N) is 4. The molecular formula is C29H29ClFN7O2. The predicted molar refractivity (Wildman–Crippen MR) is 155 cm³/mol. The average Bonchev–Trinajstić information content (AvgIpc) is 2.95. The van der Waals surface area contributed by atoms with Gasteiger partial charge in [-0.3, -0.25) is 15.6 Å². The summed E-state index contributed by atoms with van der Waals surface area (Å²) in [5, 5.41) is 3.91. The second-order valence-corrected chi connectivity index (χ2v) is 9.84. The van der Waals surface area contributed by atoms with Crippen LogP contribution in [-0.2, 0) is 4.74 Å². The Morgan fingerprint density at radius 2 is 1.95 bits per heavy atom. The third kappa shape index (κ3) is 7.02. The van der Waals surface area contributed by atoms with Gasteiger partial charge in [-0.05, 0) is 61.2 Å². The quantitative estimate of drug-likeness (QED) is 0.316. The predicted octanol–water partition coefficient (Wildman–Crippen LogP) is 5.68. The van der Waals surface area contributed by atoms with Crippen LogP contribution in [0.1, 0.15) is 35.8 Å². The van der Waals surface area contributed by atoms with Crippen molar-refractivity contribution >= 4 is 46.2 Å². The Balaban J connectivity index is 1.21. The zero-order chi connectivity index (χ0) is 27.9. The highest BCUT2D eigenvalue weighted by Gasteiger charge is 2.18. The Hall–Kier alpha value is -4.28. The van der Waals surface area contributed by atoms with Gasteiger partial charge in [0.05, 0.1) is 31.3 Å². The van der Waals surface area contributed by atoms with Crippen LogP contribution in [-0.4, -0.2) is 47.2 Å². The number of amides is 1. The van der Waals surface area contributed by atoms with Gasteiger partial charge in [-0.15, -0.1) is 0 Å². The number of hydrazine groups is 1. The number of carbonyl (C=O) groups is 1. The number of rotatable bonds is 7. The summed E-state index contributed by atoms with van der Waals surface area (Å²) in [6.45, 7) is 4.15. The molecule has 1 aromatic carbocycles. The van der Waals surface area contributed by atoms with Crippen LogP contribution in [0.2, 0.25) is 5.02 Å². The molecule has 0 saturated carbocycles. The standard InChI is InChI=1S/C29H29ClFN7O2/c1-19-4-2-6-20(7-3-5-19)21-14-22(30)16-24(15-21)34-23-8-9-26(32-17-23)28(39)36-37-29-33-18-25(31)27(35-29)38-10-12-40-13-11-38/h2,4,6-9,14-18,34H,3,5,10-13H2,1H3,(H,36,39)(H,33,35,37)/b6-2-,19-4+,20-7+. The van der Waals surface area contributed by atoms with Gasteiger partial charge in [0.15, 0.2) is 11.6 Å². The number of allylic oxidation sites excluding steroid dienone is 6. The summed E-state index contributed by atoms with van der Waals surface area (Å²) in [4.78, 5) is 26.7. The molecule has 3 heterocycles. The molecule has 11 heteroatoms. The van der Waals surface area contributed by atoms with Crippen LogP contribution in [0, 0.1) is 5.82 Å². The molecule has 0 unspecified atom stereocenters. The van der Waals surface area contributed by atoms with E-state index in [0.29, 0.717) is 37.0 Å². The van der Waals surface area contributed by atoms with Gasteiger partial charge in [-0.25, -0.2) is 14.4 Å². The SMILES string of the molecule is C\C1=C/C=C\C(c2cc(Cl)cc(Nc3ccc(C(=O)NNc4ncc(F)c(N5CCOCC5)n4)nc3)c2)=C/CC1. The summed E-state index contributed by atoms with van der Waals surface area (Å²) in [7, 11) is 0. The number of carbonyl (C=O) groups excluding carboxylic acids is 1. The van der Waals surface area contributed by atoms with Gasteiger partial charge in [0.25, 0.3) is 5.91 Å². The normalized spacial score (nSPS) is 18.8. The van der Waals surface area contributed by atoms with E-state index >= 15 is 0 Å². The molecule has 1 aliphatic heterocycles. The molecule has 0 spiro atoms. The van der Waals surface area contributed by atoms with E-state index in [-0.39, 0.29) is 17.5 Å². The van der Waals surface area contributed by atoms with Crippen molar-refractivity contribution in [2.75, 3.05) is 41.9 Å². The monoisotopic (exact) mass is 561 g/mol. The molecule has 3 N–H and O–H groups in total. The van der Waals surface area contributed by atoms with Crippen molar-refractivity contribution in [2.45, 2.75) is 19.8 Å². The molecule has 0 radical (unpaired) electrons. The first-order valence-electron chi connectivity index (χ1n) is 12.9. The van der Waals surface area contributed by atoms with E-state index in [1.165, 1.54) is 5.57 Å². The minimum atomic E-state index is -0.541. The number of anilines is 4. The Bertz CT molecular complexity index is 1470. The van der Waals surface area contributed by atoms with Crippen molar-refractivity contribution in [1.82, 2.24) is 20.4 Å². The maximum absolute atomic E-state index is 14.2. The number of hydrogen-bond acceptors (Lipinski definition) is 8. The van der Waals surface area contributed by atoms with Crippen molar-refractivity contribution in [3.05, 3.63) is 94.7 Å². The topological polar surface area (TPSA) is 104 Å². The van der Waals surface area contributed by atoms with Gasteiger partial charge in [0.1, 0.15) is 5.69 Å². The van der Waals surface area contributed by atoms with Gasteiger partial charge < -0.3 is 15.0 Å². The molecule has 0 bridgehead atoms. The fraction of sp³-hybridized carbons (Fsp3) is 0.241. The van der Waals surface area contributed by atoms with Crippen molar-refractivity contribution in [2.24, 2.45) is 0 Å². The van der Waals surface area contributed by atoms with Crippen LogP contribution in [0.3, 0.4) is 0 Å². The zero-order valence-electron chi connectivity index (χ0n) is 22.0. The lowest BCUT2D eigenvalue weighted by Gasteiger charge is -2.28. The van der Waals surface area contributed by atoms with Gasteiger partial charge in [0, 0.05) is 23.8 Å². The Kier molecular flexibility index (Phi) is 8.68. The van der Waals surface area contributed by atoms with Crippen molar-refractivity contribution in [1.29, 1.82) is 0 Å². The molecule has 1 saturated heterocycles. The number of nitrogens with one attached hydrogen (secondary N) is 3. The molecule has 3 aromatic rings. The summed E-state index contributed by atoms with van der Waals surface area (Å²) in [6, 6.07) is 9.13. The molecule has 1 amide bonds. The number of hydrogen-bond donors (Lipinski definition) is 3. The Labute approximate surface area is 236 Å². The highest BCUT2D eigenvalue weighted by molar-refractivity contribution is 6.31. The molecule has 9 nitrogen and oxygen atoms in total. The lowest BCUT2D eigenvalue weighted by atomic mass is 9.99.